The third-order valence-corrected chi connectivity index (χ3v) is 10.3. The topological polar surface area (TPSA) is 23.8 Å². The number of nitriles is 1. The number of aryl methyl sites for hydroxylation is 1. The molecule has 0 radical (unpaired) electrons. The largest absolute Gasteiger partial charge is 0.192 e. The summed E-state index contributed by atoms with van der Waals surface area (Å²) in [6.07, 6.45) is 2.24. The van der Waals surface area contributed by atoms with Crippen LogP contribution in [0.4, 0.5) is 0 Å². The minimum atomic E-state index is -0.249. The van der Waals surface area contributed by atoms with E-state index >= 15 is 0 Å². The summed E-state index contributed by atoms with van der Waals surface area (Å²) in [5, 5.41) is 8.88. The molecule has 0 fully saturated rings. The molecule has 0 amide bonds. The van der Waals surface area contributed by atoms with Gasteiger partial charge in [0.15, 0.2) is 0 Å². The first-order valence-electron chi connectivity index (χ1n) is 16.1. The summed E-state index contributed by atoms with van der Waals surface area (Å²) in [7, 11) is 0. The Labute approximate surface area is 272 Å². The molecule has 0 saturated heterocycles. The first-order valence-corrected chi connectivity index (χ1v) is 16.1. The summed E-state index contributed by atoms with van der Waals surface area (Å²) in [5.41, 5.74) is 17.0. The molecule has 3 aliphatic rings. The minimum absolute atomic E-state index is 0.0278. The maximum atomic E-state index is 8.88. The van der Waals surface area contributed by atoms with Crippen molar-refractivity contribution in [3.63, 3.8) is 0 Å². The van der Waals surface area contributed by atoms with Gasteiger partial charge in [-0.25, -0.2) is 0 Å². The fourth-order valence-electron chi connectivity index (χ4n) is 8.21. The van der Waals surface area contributed by atoms with E-state index in [4.69, 9.17) is 5.26 Å². The molecular weight excluding hydrogens is 555 g/mol. The van der Waals surface area contributed by atoms with Crippen LogP contribution in [0.3, 0.4) is 0 Å². The van der Waals surface area contributed by atoms with E-state index in [2.05, 4.69) is 154 Å². The molecule has 0 saturated carbocycles. The Morgan fingerprint density at radius 3 is 1.80 bits per heavy atom. The normalized spacial score (nSPS) is 16.8. The number of rotatable bonds is 2. The van der Waals surface area contributed by atoms with Crippen molar-refractivity contribution in [2.75, 3.05) is 0 Å². The van der Waals surface area contributed by atoms with Crippen molar-refractivity contribution in [3.05, 3.63) is 207 Å². The number of hydrogen-bond acceptors (Lipinski definition) is 1. The van der Waals surface area contributed by atoms with Crippen LogP contribution >= 0.6 is 0 Å². The molecule has 1 atom stereocenters. The van der Waals surface area contributed by atoms with Crippen LogP contribution in [0.2, 0.25) is 0 Å². The van der Waals surface area contributed by atoms with Crippen LogP contribution in [0.1, 0.15) is 75.4 Å². The Morgan fingerprint density at radius 2 is 1.13 bits per heavy atom. The first kappa shape index (κ1) is 28.1. The van der Waals surface area contributed by atoms with Crippen LogP contribution in [-0.2, 0) is 10.8 Å². The van der Waals surface area contributed by atoms with Gasteiger partial charge in [-0.05, 0) is 85.8 Å². The van der Waals surface area contributed by atoms with Crippen LogP contribution in [0.25, 0.3) is 16.7 Å². The molecule has 0 aromatic heterocycles. The lowest BCUT2D eigenvalue weighted by atomic mass is 9.55. The van der Waals surface area contributed by atoms with Gasteiger partial charge in [-0.3, -0.25) is 0 Å². The number of fused-ring (bicyclic) bond motifs is 9. The fraction of sp³-hybridized carbons (Fsp3) is 0.133. The zero-order valence-electron chi connectivity index (χ0n) is 26.5. The fourth-order valence-corrected chi connectivity index (χ4v) is 8.21. The molecule has 46 heavy (non-hydrogen) atoms. The molecule has 6 aromatic rings. The number of hydrogen-bond donors (Lipinski definition) is 0. The molecule has 3 aliphatic carbocycles. The second-order valence-electron chi connectivity index (χ2n) is 13.2. The van der Waals surface area contributed by atoms with E-state index < -0.39 is 0 Å². The first-order chi connectivity index (χ1) is 22.5. The highest BCUT2D eigenvalue weighted by Gasteiger charge is 2.53. The molecule has 1 spiro atoms. The standard InChI is InChI=1S/C29H24.C16H11N/c1-19-11-10-18-26-27(19)20-12-4-5-13-21(20)29(26)24-16-8-6-14-22(24)28(2,3)23-15-7-9-17-25(23)29;17-11-12-5-4-8-14(9-12)16-10-15(16)13-6-2-1-3-7-13/h4-18H,1-3H3;1-10,16H. The number of benzene rings is 6. The monoisotopic (exact) mass is 589 g/mol. The molecular formula is C45H35N. The van der Waals surface area contributed by atoms with E-state index in [0.717, 1.165) is 5.56 Å². The highest BCUT2D eigenvalue weighted by atomic mass is 14.5. The molecule has 0 bridgehead atoms. The van der Waals surface area contributed by atoms with Crippen molar-refractivity contribution in [1.29, 1.82) is 5.26 Å². The van der Waals surface area contributed by atoms with E-state index in [1.807, 2.05) is 24.3 Å². The second kappa shape index (κ2) is 10.6. The van der Waals surface area contributed by atoms with Crippen molar-refractivity contribution in [1.82, 2.24) is 0 Å². The Morgan fingerprint density at radius 1 is 0.565 bits per heavy atom. The molecule has 9 rings (SSSR count). The maximum absolute atomic E-state index is 8.88. The van der Waals surface area contributed by atoms with Gasteiger partial charge in [0.1, 0.15) is 0 Å². The summed E-state index contributed by atoms with van der Waals surface area (Å²) in [4.78, 5) is 0. The highest BCUT2D eigenvalue weighted by Crippen LogP contribution is 2.62. The summed E-state index contributed by atoms with van der Waals surface area (Å²) in [6.45, 7) is 6.99. The van der Waals surface area contributed by atoms with Gasteiger partial charge in [-0.1, -0.05) is 153 Å². The lowest BCUT2D eigenvalue weighted by Crippen LogP contribution is -2.40. The zero-order valence-corrected chi connectivity index (χ0v) is 26.5. The van der Waals surface area contributed by atoms with Crippen molar-refractivity contribution in [2.24, 2.45) is 0 Å². The van der Waals surface area contributed by atoms with Crippen LogP contribution in [0, 0.1) is 18.3 Å². The lowest BCUT2D eigenvalue weighted by Gasteiger charge is -2.46. The highest BCUT2D eigenvalue weighted by molar-refractivity contribution is 5.90. The smallest absolute Gasteiger partial charge is 0.0991 e. The van der Waals surface area contributed by atoms with Gasteiger partial charge in [-0.15, -0.1) is 0 Å². The minimum Gasteiger partial charge on any atom is -0.192 e. The Hall–Kier alpha value is -5.45. The van der Waals surface area contributed by atoms with Gasteiger partial charge in [0, 0.05) is 11.3 Å². The van der Waals surface area contributed by atoms with E-state index in [9.17, 15) is 0 Å². The predicted molar refractivity (Wildman–Crippen MR) is 189 cm³/mol. The van der Waals surface area contributed by atoms with Crippen molar-refractivity contribution in [2.45, 2.75) is 37.5 Å². The molecule has 1 unspecified atom stereocenters. The summed E-state index contributed by atoms with van der Waals surface area (Å²) in [5.74, 6) is 0.394. The lowest BCUT2D eigenvalue weighted by molar-refractivity contribution is 0.563. The Balaban J connectivity index is 0.000000156. The van der Waals surface area contributed by atoms with Gasteiger partial charge in [0.2, 0.25) is 0 Å². The molecule has 1 heteroatoms. The van der Waals surface area contributed by atoms with Crippen LogP contribution in [0.15, 0.2) is 152 Å². The van der Waals surface area contributed by atoms with Crippen LogP contribution < -0.4 is 0 Å². The van der Waals surface area contributed by atoms with Crippen LogP contribution in [-0.4, -0.2) is 0 Å². The quantitative estimate of drug-likeness (QED) is 0.197. The van der Waals surface area contributed by atoms with Gasteiger partial charge in [-0.2, -0.15) is 5.26 Å². The molecule has 6 aromatic carbocycles. The summed E-state index contributed by atoms with van der Waals surface area (Å²) in [6, 6.07) is 54.5. The predicted octanol–water partition coefficient (Wildman–Crippen LogP) is 10.7. The van der Waals surface area contributed by atoms with E-state index in [0.29, 0.717) is 5.92 Å². The maximum Gasteiger partial charge on any atom is 0.0991 e. The third-order valence-electron chi connectivity index (χ3n) is 10.3. The zero-order chi connectivity index (χ0) is 31.5. The van der Waals surface area contributed by atoms with Crippen molar-refractivity contribution >= 4 is 5.57 Å². The second-order valence-corrected chi connectivity index (χ2v) is 13.2. The van der Waals surface area contributed by atoms with Crippen LogP contribution in [0.5, 0.6) is 0 Å². The average Bonchev–Trinajstić information content (AvgIpc) is 3.85. The van der Waals surface area contributed by atoms with Gasteiger partial charge < -0.3 is 0 Å². The van der Waals surface area contributed by atoms with Crippen molar-refractivity contribution < 1.29 is 0 Å². The Kier molecular flexibility index (Phi) is 6.45. The summed E-state index contributed by atoms with van der Waals surface area (Å²) >= 11 is 0. The third kappa shape index (κ3) is 4.07. The number of nitrogens with zero attached hydrogens (tertiary/aromatic N) is 1. The van der Waals surface area contributed by atoms with E-state index in [1.54, 1.807) is 0 Å². The SMILES string of the molecule is Cc1cccc2c1-c1ccccc1C21c2ccccc2C(C)(C)c2ccccc21.N#Cc1cccc(C2C=C2c2ccccc2)c1. The Bertz CT molecular complexity index is 2160. The van der Waals surface area contributed by atoms with Gasteiger partial charge in [0.05, 0.1) is 17.0 Å². The van der Waals surface area contributed by atoms with Gasteiger partial charge in [0.25, 0.3) is 0 Å². The van der Waals surface area contributed by atoms with E-state index in [1.165, 1.54) is 66.8 Å². The van der Waals surface area contributed by atoms with Gasteiger partial charge >= 0.3 is 0 Å². The average molecular weight is 590 g/mol. The van der Waals surface area contributed by atoms with E-state index in [-0.39, 0.29) is 10.8 Å². The molecule has 0 heterocycles. The molecule has 0 aliphatic heterocycles. The van der Waals surface area contributed by atoms with Crippen molar-refractivity contribution in [3.8, 4) is 17.2 Å². The molecule has 0 N–H and O–H groups in total. The number of allylic oxidation sites excluding steroid dienone is 2. The molecule has 1 nitrogen and oxygen atoms in total. The summed E-state index contributed by atoms with van der Waals surface area (Å²) < 4.78 is 0. The molecule has 220 valence electrons.